The van der Waals surface area contributed by atoms with Crippen LogP contribution in [0, 0.1) is 5.92 Å². The van der Waals surface area contributed by atoms with Gasteiger partial charge >= 0.3 is 0 Å². The Morgan fingerprint density at radius 2 is 2.00 bits per heavy atom. The molecule has 0 amide bonds. The fraction of sp³-hybridized carbons (Fsp3) is 1.00. The zero-order valence-corrected chi connectivity index (χ0v) is 13.0. The molecular formula is C13H28N2O2S. The minimum absolute atomic E-state index is 0.218. The summed E-state index contributed by atoms with van der Waals surface area (Å²) >= 11 is 0. The topological polar surface area (TPSA) is 49.4 Å². The van der Waals surface area contributed by atoms with Gasteiger partial charge in [-0.15, -0.1) is 0 Å². The molecule has 108 valence electrons. The SMILES string of the molecule is CC(C)CNCCC(C)N(C)C1CCS(=O)(=O)C1. The van der Waals surface area contributed by atoms with Crippen LogP contribution in [0.25, 0.3) is 0 Å². The van der Waals surface area contributed by atoms with Crippen molar-refractivity contribution in [2.75, 3.05) is 31.6 Å². The van der Waals surface area contributed by atoms with Crippen LogP contribution in [0.15, 0.2) is 0 Å². The van der Waals surface area contributed by atoms with E-state index in [1.807, 2.05) is 0 Å². The molecule has 1 heterocycles. The maximum Gasteiger partial charge on any atom is 0.151 e. The third-order valence-electron chi connectivity index (χ3n) is 3.77. The van der Waals surface area contributed by atoms with Crippen molar-refractivity contribution in [3.63, 3.8) is 0 Å². The molecule has 2 atom stereocenters. The predicted molar refractivity (Wildman–Crippen MR) is 76.6 cm³/mol. The number of nitrogens with zero attached hydrogens (tertiary/aromatic N) is 1. The van der Waals surface area contributed by atoms with Crippen LogP contribution in [0.4, 0.5) is 0 Å². The molecule has 0 saturated carbocycles. The molecule has 0 bridgehead atoms. The van der Waals surface area contributed by atoms with E-state index in [0.29, 0.717) is 23.5 Å². The van der Waals surface area contributed by atoms with Gasteiger partial charge in [-0.25, -0.2) is 8.42 Å². The van der Waals surface area contributed by atoms with Crippen molar-refractivity contribution in [2.24, 2.45) is 5.92 Å². The van der Waals surface area contributed by atoms with Crippen molar-refractivity contribution in [3.8, 4) is 0 Å². The summed E-state index contributed by atoms with van der Waals surface area (Å²) in [6, 6.07) is 0.651. The highest BCUT2D eigenvalue weighted by Crippen LogP contribution is 2.19. The first-order valence-corrected chi connectivity index (χ1v) is 8.77. The quantitative estimate of drug-likeness (QED) is 0.708. The van der Waals surface area contributed by atoms with Crippen LogP contribution in [-0.2, 0) is 9.84 Å². The van der Waals surface area contributed by atoms with E-state index in [1.54, 1.807) is 0 Å². The summed E-state index contributed by atoms with van der Waals surface area (Å²) in [6.45, 7) is 8.64. The average molecular weight is 276 g/mol. The van der Waals surface area contributed by atoms with Crippen LogP contribution in [0.3, 0.4) is 0 Å². The minimum atomic E-state index is -2.77. The van der Waals surface area contributed by atoms with Gasteiger partial charge < -0.3 is 5.32 Å². The summed E-state index contributed by atoms with van der Waals surface area (Å²) in [7, 11) is -0.714. The Kier molecular flexibility index (Phi) is 6.08. The fourth-order valence-electron chi connectivity index (χ4n) is 2.36. The first-order valence-electron chi connectivity index (χ1n) is 6.95. The lowest BCUT2D eigenvalue weighted by Crippen LogP contribution is -2.40. The molecule has 0 aromatic rings. The zero-order valence-electron chi connectivity index (χ0n) is 12.1. The molecule has 2 unspecified atom stereocenters. The van der Waals surface area contributed by atoms with Gasteiger partial charge in [0.1, 0.15) is 0 Å². The standard InChI is InChI=1S/C13H28N2O2S/c1-11(2)9-14-7-5-12(3)15(4)13-6-8-18(16,17)10-13/h11-14H,5-10H2,1-4H3. The van der Waals surface area contributed by atoms with Gasteiger partial charge in [-0.2, -0.15) is 0 Å². The lowest BCUT2D eigenvalue weighted by Gasteiger charge is -2.30. The van der Waals surface area contributed by atoms with E-state index in [1.165, 1.54) is 0 Å². The van der Waals surface area contributed by atoms with E-state index in [0.717, 1.165) is 25.9 Å². The van der Waals surface area contributed by atoms with Crippen LogP contribution in [-0.4, -0.2) is 57.0 Å². The molecule has 4 nitrogen and oxygen atoms in total. The minimum Gasteiger partial charge on any atom is -0.316 e. The third-order valence-corrected chi connectivity index (χ3v) is 5.52. The van der Waals surface area contributed by atoms with E-state index < -0.39 is 9.84 Å². The molecule has 0 spiro atoms. The first kappa shape index (κ1) is 15.9. The van der Waals surface area contributed by atoms with Crippen molar-refractivity contribution in [3.05, 3.63) is 0 Å². The highest BCUT2D eigenvalue weighted by atomic mass is 32.2. The van der Waals surface area contributed by atoms with Crippen LogP contribution in [0.2, 0.25) is 0 Å². The monoisotopic (exact) mass is 276 g/mol. The summed E-state index contributed by atoms with van der Waals surface area (Å²) in [6.07, 6.45) is 1.86. The molecule has 1 fully saturated rings. The van der Waals surface area contributed by atoms with Gasteiger partial charge in [0.05, 0.1) is 11.5 Å². The number of rotatable bonds is 7. The molecule has 18 heavy (non-hydrogen) atoms. The second-order valence-electron chi connectivity index (χ2n) is 5.96. The second kappa shape index (κ2) is 6.87. The Balaban J connectivity index is 2.27. The molecule has 1 saturated heterocycles. The number of sulfone groups is 1. The lowest BCUT2D eigenvalue weighted by molar-refractivity contribution is 0.190. The summed E-state index contributed by atoms with van der Waals surface area (Å²) in [5.74, 6) is 1.38. The smallest absolute Gasteiger partial charge is 0.151 e. The molecule has 0 radical (unpaired) electrons. The van der Waals surface area contributed by atoms with E-state index in [2.05, 4.69) is 38.0 Å². The molecule has 0 aromatic carbocycles. The van der Waals surface area contributed by atoms with Gasteiger partial charge in [0.2, 0.25) is 0 Å². The van der Waals surface area contributed by atoms with Gasteiger partial charge in [0.25, 0.3) is 0 Å². The normalized spacial score (nSPS) is 24.9. The van der Waals surface area contributed by atoms with Crippen molar-refractivity contribution in [2.45, 2.75) is 45.7 Å². The summed E-state index contributed by atoms with van der Waals surface area (Å²) in [4.78, 5) is 2.24. The van der Waals surface area contributed by atoms with Crippen molar-refractivity contribution >= 4 is 9.84 Å². The molecule has 5 heteroatoms. The highest BCUT2D eigenvalue weighted by Gasteiger charge is 2.32. The van der Waals surface area contributed by atoms with Crippen LogP contribution in [0.1, 0.15) is 33.6 Å². The van der Waals surface area contributed by atoms with Crippen LogP contribution >= 0.6 is 0 Å². The Labute approximate surface area is 112 Å². The van der Waals surface area contributed by atoms with Gasteiger partial charge in [-0.05, 0) is 45.8 Å². The molecule has 1 N–H and O–H groups in total. The van der Waals surface area contributed by atoms with Crippen molar-refractivity contribution < 1.29 is 8.42 Å². The summed E-state index contributed by atoms with van der Waals surface area (Å²) < 4.78 is 22.9. The lowest BCUT2D eigenvalue weighted by atomic mass is 10.1. The van der Waals surface area contributed by atoms with Crippen LogP contribution in [0.5, 0.6) is 0 Å². The molecule has 1 aliphatic rings. The van der Waals surface area contributed by atoms with Gasteiger partial charge in [-0.3, -0.25) is 4.90 Å². The van der Waals surface area contributed by atoms with Gasteiger partial charge in [-0.1, -0.05) is 13.8 Å². The Morgan fingerprint density at radius 1 is 1.33 bits per heavy atom. The molecule has 1 aliphatic heterocycles. The molecular weight excluding hydrogens is 248 g/mol. The third kappa shape index (κ3) is 5.24. The van der Waals surface area contributed by atoms with Crippen LogP contribution < -0.4 is 5.32 Å². The molecule has 1 rings (SSSR count). The second-order valence-corrected chi connectivity index (χ2v) is 8.19. The van der Waals surface area contributed by atoms with E-state index >= 15 is 0 Å². The maximum atomic E-state index is 11.5. The highest BCUT2D eigenvalue weighted by molar-refractivity contribution is 7.91. The predicted octanol–water partition coefficient (Wildman–Crippen LogP) is 1.13. The largest absolute Gasteiger partial charge is 0.316 e. The average Bonchev–Trinajstić information content (AvgIpc) is 2.63. The van der Waals surface area contributed by atoms with Crippen molar-refractivity contribution in [1.29, 1.82) is 0 Å². The Hall–Kier alpha value is -0.130. The Bertz CT molecular complexity index is 341. The summed E-state index contributed by atoms with van der Waals surface area (Å²) in [5.41, 5.74) is 0. The van der Waals surface area contributed by atoms with E-state index in [9.17, 15) is 8.42 Å². The van der Waals surface area contributed by atoms with E-state index in [-0.39, 0.29) is 6.04 Å². The maximum absolute atomic E-state index is 11.5. The zero-order chi connectivity index (χ0) is 13.8. The molecule has 0 aromatic heterocycles. The van der Waals surface area contributed by atoms with Gasteiger partial charge in [0.15, 0.2) is 9.84 Å². The molecule has 0 aliphatic carbocycles. The van der Waals surface area contributed by atoms with Crippen molar-refractivity contribution in [1.82, 2.24) is 10.2 Å². The Morgan fingerprint density at radius 3 is 2.50 bits per heavy atom. The van der Waals surface area contributed by atoms with Gasteiger partial charge in [0, 0.05) is 12.1 Å². The van der Waals surface area contributed by atoms with E-state index in [4.69, 9.17) is 0 Å². The number of nitrogens with one attached hydrogen (secondary N) is 1. The summed E-state index contributed by atoms with van der Waals surface area (Å²) in [5, 5.41) is 3.43. The number of hydrogen-bond acceptors (Lipinski definition) is 4. The fourth-order valence-corrected chi connectivity index (χ4v) is 4.15. The number of hydrogen-bond donors (Lipinski definition) is 1. The first-order chi connectivity index (χ1) is 8.32.